The first-order valence-electron chi connectivity index (χ1n) is 6.64. The van der Waals surface area contributed by atoms with Crippen LogP contribution in [0.2, 0.25) is 5.15 Å². The molecule has 0 amide bonds. The average Bonchev–Trinajstić information content (AvgIpc) is 2.77. The van der Waals surface area contributed by atoms with E-state index in [1.807, 2.05) is 22.9 Å². The minimum Gasteiger partial charge on any atom is -0.478 e. The van der Waals surface area contributed by atoms with Gasteiger partial charge >= 0.3 is 5.97 Å². The van der Waals surface area contributed by atoms with Gasteiger partial charge in [-0.1, -0.05) is 37.1 Å². The first-order chi connectivity index (χ1) is 9.60. The molecule has 0 aliphatic heterocycles. The zero-order valence-corrected chi connectivity index (χ0v) is 12.1. The van der Waals surface area contributed by atoms with Crippen molar-refractivity contribution in [1.29, 1.82) is 0 Å². The Morgan fingerprint density at radius 3 is 2.65 bits per heavy atom. The Morgan fingerprint density at radius 1 is 1.35 bits per heavy atom. The SMILES string of the molecule is CCCCc1nc(Cl)cn1Cc1ccc(C(=O)O)cc1. The summed E-state index contributed by atoms with van der Waals surface area (Å²) in [6, 6.07) is 6.87. The predicted molar refractivity (Wildman–Crippen MR) is 78.4 cm³/mol. The highest BCUT2D eigenvalue weighted by Crippen LogP contribution is 2.14. The minimum absolute atomic E-state index is 0.295. The molecule has 0 fully saturated rings. The van der Waals surface area contributed by atoms with Crippen molar-refractivity contribution in [3.63, 3.8) is 0 Å². The molecule has 4 nitrogen and oxygen atoms in total. The van der Waals surface area contributed by atoms with Crippen LogP contribution < -0.4 is 0 Å². The Kier molecular flexibility index (Phi) is 4.79. The third kappa shape index (κ3) is 3.61. The molecule has 0 saturated heterocycles. The standard InChI is InChI=1S/C15H17ClN2O2/c1-2-3-4-14-17-13(16)10-18(14)9-11-5-7-12(8-6-11)15(19)20/h5-8,10H,2-4,9H2,1H3,(H,19,20). The molecule has 1 aromatic carbocycles. The van der Waals surface area contributed by atoms with Crippen LogP contribution in [0.5, 0.6) is 0 Å². The van der Waals surface area contributed by atoms with Gasteiger partial charge < -0.3 is 9.67 Å². The van der Waals surface area contributed by atoms with Gasteiger partial charge in [0.1, 0.15) is 11.0 Å². The molecule has 1 N–H and O–H groups in total. The summed E-state index contributed by atoms with van der Waals surface area (Å²) < 4.78 is 2.02. The summed E-state index contributed by atoms with van der Waals surface area (Å²) in [4.78, 5) is 15.1. The van der Waals surface area contributed by atoms with E-state index >= 15 is 0 Å². The summed E-state index contributed by atoms with van der Waals surface area (Å²) in [5.41, 5.74) is 1.32. The van der Waals surface area contributed by atoms with Crippen LogP contribution in [-0.2, 0) is 13.0 Å². The lowest BCUT2D eigenvalue weighted by molar-refractivity contribution is 0.0697. The second-order valence-electron chi connectivity index (χ2n) is 4.71. The zero-order chi connectivity index (χ0) is 14.5. The first kappa shape index (κ1) is 14.6. The first-order valence-corrected chi connectivity index (χ1v) is 7.01. The lowest BCUT2D eigenvalue weighted by Gasteiger charge is -2.07. The van der Waals surface area contributed by atoms with Crippen molar-refractivity contribution in [1.82, 2.24) is 9.55 Å². The van der Waals surface area contributed by atoms with Crippen molar-refractivity contribution in [2.45, 2.75) is 32.7 Å². The molecule has 1 heterocycles. The van der Waals surface area contributed by atoms with Gasteiger partial charge in [-0.15, -0.1) is 0 Å². The second-order valence-corrected chi connectivity index (χ2v) is 5.10. The number of aryl methyl sites for hydroxylation is 1. The fraction of sp³-hybridized carbons (Fsp3) is 0.333. The summed E-state index contributed by atoms with van der Waals surface area (Å²) in [7, 11) is 0. The van der Waals surface area contributed by atoms with Gasteiger partial charge in [0.15, 0.2) is 0 Å². The lowest BCUT2D eigenvalue weighted by atomic mass is 10.1. The third-order valence-corrected chi connectivity index (χ3v) is 3.32. The van der Waals surface area contributed by atoms with Gasteiger partial charge in [-0.2, -0.15) is 0 Å². The van der Waals surface area contributed by atoms with Gasteiger partial charge in [0, 0.05) is 19.2 Å². The molecule has 5 heteroatoms. The smallest absolute Gasteiger partial charge is 0.335 e. The van der Waals surface area contributed by atoms with Crippen molar-refractivity contribution in [3.8, 4) is 0 Å². The van der Waals surface area contributed by atoms with Gasteiger partial charge in [-0.05, 0) is 24.1 Å². The van der Waals surface area contributed by atoms with Crippen LogP contribution in [0.4, 0.5) is 0 Å². The van der Waals surface area contributed by atoms with Crippen molar-refractivity contribution in [3.05, 3.63) is 52.6 Å². The Labute approximate surface area is 123 Å². The average molecular weight is 293 g/mol. The van der Waals surface area contributed by atoms with E-state index in [0.717, 1.165) is 30.7 Å². The highest BCUT2D eigenvalue weighted by Gasteiger charge is 2.08. The fourth-order valence-electron chi connectivity index (χ4n) is 2.04. The van der Waals surface area contributed by atoms with E-state index in [2.05, 4.69) is 11.9 Å². The van der Waals surface area contributed by atoms with Gasteiger partial charge in [0.2, 0.25) is 0 Å². The number of halogens is 1. The molecule has 0 spiro atoms. The van der Waals surface area contributed by atoms with E-state index in [4.69, 9.17) is 16.7 Å². The Bertz CT molecular complexity index is 590. The van der Waals surface area contributed by atoms with Gasteiger partial charge in [0.25, 0.3) is 0 Å². The second kappa shape index (κ2) is 6.57. The largest absolute Gasteiger partial charge is 0.478 e. The van der Waals surface area contributed by atoms with E-state index < -0.39 is 5.97 Å². The molecule has 0 atom stereocenters. The van der Waals surface area contributed by atoms with Crippen molar-refractivity contribution < 1.29 is 9.90 Å². The highest BCUT2D eigenvalue weighted by atomic mass is 35.5. The van der Waals surface area contributed by atoms with Gasteiger partial charge in [0.05, 0.1) is 5.56 Å². The van der Waals surface area contributed by atoms with Crippen LogP contribution in [0, 0.1) is 0 Å². The van der Waals surface area contributed by atoms with Crippen molar-refractivity contribution in [2.75, 3.05) is 0 Å². The van der Waals surface area contributed by atoms with Crippen LogP contribution in [0.15, 0.2) is 30.5 Å². The minimum atomic E-state index is -0.911. The van der Waals surface area contributed by atoms with E-state index in [1.165, 1.54) is 0 Å². The number of benzene rings is 1. The zero-order valence-electron chi connectivity index (χ0n) is 11.3. The molecule has 0 radical (unpaired) electrons. The van der Waals surface area contributed by atoms with Crippen LogP contribution in [0.25, 0.3) is 0 Å². The van der Waals surface area contributed by atoms with Gasteiger partial charge in [-0.25, -0.2) is 9.78 Å². The summed E-state index contributed by atoms with van der Waals surface area (Å²) >= 11 is 5.97. The predicted octanol–water partition coefficient (Wildman–Crippen LogP) is 3.63. The van der Waals surface area contributed by atoms with E-state index in [9.17, 15) is 4.79 Å². The summed E-state index contributed by atoms with van der Waals surface area (Å²) in [5, 5.41) is 9.38. The fourth-order valence-corrected chi connectivity index (χ4v) is 2.26. The number of carboxylic acids is 1. The Balaban J connectivity index is 2.14. The number of carbonyl (C=O) groups is 1. The van der Waals surface area contributed by atoms with Crippen molar-refractivity contribution >= 4 is 17.6 Å². The molecule has 0 bridgehead atoms. The van der Waals surface area contributed by atoms with E-state index in [-0.39, 0.29) is 0 Å². The van der Waals surface area contributed by atoms with Crippen LogP contribution in [0.3, 0.4) is 0 Å². The molecule has 0 aliphatic rings. The molecule has 0 unspecified atom stereocenters. The molecule has 106 valence electrons. The highest BCUT2D eigenvalue weighted by molar-refractivity contribution is 6.29. The number of aromatic nitrogens is 2. The topological polar surface area (TPSA) is 55.1 Å². The maximum atomic E-state index is 10.8. The number of hydrogen-bond donors (Lipinski definition) is 1. The van der Waals surface area contributed by atoms with Crippen molar-refractivity contribution in [2.24, 2.45) is 0 Å². The van der Waals surface area contributed by atoms with E-state index in [0.29, 0.717) is 17.3 Å². The van der Waals surface area contributed by atoms with Crippen LogP contribution >= 0.6 is 11.6 Å². The van der Waals surface area contributed by atoms with E-state index in [1.54, 1.807) is 12.1 Å². The molecule has 2 aromatic rings. The molecule has 2 rings (SSSR count). The Hall–Kier alpha value is -1.81. The number of nitrogens with zero attached hydrogens (tertiary/aromatic N) is 2. The number of rotatable bonds is 6. The number of carboxylic acid groups (broad SMARTS) is 1. The van der Waals surface area contributed by atoms with Gasteiger partial charge in [-0.3, -0.25) is 0 Å². The number of imidazole rings is 1. The molecule has 0 saturated carbocycles. The summed E-state index contributed by atoms with van der Waals surface area (Å²) in [6.07, 6.45) is 4.90. The monoisotopic (exact) mass is 292 g/mol. The Morgan fingerprint density at radius 2 is 2.05 bits per heavy atom. The maximum absolute atomic E-state index is 10.8. The molecular formula is C15H17ClN2O2. The number of hydrogen-bond acceptors (Lipinski definition) is 2. The quantitative estimate of drug-likeness (QED) is 0.884. The lowest BCUT2D eigenvalue weighted by Crippen LogP contribution is -2.05. The normalized spacial score (nSPS) is 10.7. The van der Waals surface area contributed by atoms with Crippen LogP contribution in [-0.4, -0.2) is 20.6 Å². The summed E-state index contributed by atoms with van der Waals surface area (Å²) in [6.45, 7) is 2.79. The number of unbranched alkanes of at least 4 members (excludes halogenated alkanes) is 1. The molecule has 0 aliphatic carbocycles. The number of aromatic carboxylic acids is 1. The molecule has 1 aromatic heterocycles. The van der Waals surface area contributed by atoms with Crippen LogP contribution in [0.1, 0.15) is 41.5 Å². The molecule has 20 heavy (non-hydrogen) atoms. The summed E-state index contributed by atoms with van der Waals surface area (Å²) in [5.74, 6) is 0.0602. The maximum Gasteiger partial charge on any atom is 0.335 e. The third-order valence-electron chi connectivity index (χ3n) is 3.14. The molecular weight excluding hydrogens is 276 g/mol.